The summed E-state index contributed by atoms with van der Waals surface area (Å²) in [6.07, 6.45) is 3.78. The molecule has 3 rings (SSSR count). The minimum Gasteiger partial charge on any atom is -0.477 e. The number of rotatable bonds is 3. The van der Waals surface area contributed by atoms with E-state index in [-0.39, 0.29) is 5.56 Å². The molecule has 1 fully saturated rings. The van der Waals surface area contributed by atoms with E-state index in [1.54, 1.807) is 11.6 Å². The molecule has 5 nitrogen and oxygen atoms in total. The van der Waals surface area contributed by atoms with Gasteiger partial charge in [-0.2, -0.15) is 0 Å². The SMILES string of the molecule is Cn1cc(C(=O)O)c(=O)cc1-c1ccc(N2CCCC2)c(Br)c1. The van der Waals surface area contributed by atoms with Gasteiger partial charge >= 0.3 is 5.97 Å². The van der Waals surface area contributed by atoms with Gasteiger partial charge in [0.05, 0.1) is 11.4 Å². The Morgan fingerprint density at radius 2 is 1.91 bits per heavy atom. The second-order valence-corrected chi connectivity index (χ2v) is 6.57. The smallest absolute Gasteiger partial charge is 0.341 e. The van der Waals surface area contributed by atoms with Crippen molar-refractivity contribution in [1.29, 1.82) is 0 Å². The molecule has 1 aromatic carbocycles. The number of aromatic nitrogens is 1. The maximum atomic E-state index is 12.0. The van der Waals surface area contributed by atoms with E-state index in [0.29, 0.717) is 5.69 Å². The molecular formula is C17H17BrN2O3. The average Bonchev–Trinajstić information content (AvgIpc) is 3.03. The monoisotopic (exact) mass is 376 g/mol. The van der Waals surface area contributed by atoms with Crippen LogP contribution in [0.1, 0.15) is 23.2 Å². The summed E-state index contributed by atoms with van der Waals surface area (Å²) < 4.78 is 2.65. The summed E-state index contributed by atoms with van der Waals surface area (Å²) in [5.74, 6) is -1.21. The number of halogens is 1. The average molecular weight is 377 g/mol. The second kappa shape index (κ2) is 6.20. The Hall–Kier alpha value is -2.08. The van der Waals surface area contributed by atoms with Gasteiger partial charge in [-0.25, -0.2) is 4.79 Å². The molecule has 6 heteroatoms. The van der Waals surface area contributed by atoms with Crippen molar-refractivity contribution in [3.63, 3.8) is 0 Å². The first-order chi connectivity index (χ1) is 11.0. The Kier molecular flexibility index (Phi) is 4.26. The normalized spacial score (nSPS) is 14.3. The van der Waals surface area contributed by atoms with E-state index >= 15 is 0 Å². The minimum atomic E-state index is -1.21. The highest BCUT2D eigenvalue weighted by atomic mass is 79.9. The fourth-order valence-corrected chi connectivity index (χ4v) is 3.59. The summed E-state index contributed by atoms with van der Waals surface area (Å²) in [5.41, 5.74) is 2.01. The maximum Gasteiger partial charge on any atom is 0.341 e. The predicted octanol–water partition coefficient (Wildman–Crippen LogP) is 3.11. The number of anilines is 1. The van der Waals surface area contributed by atoms with E-state index in [1.807, 2.05) is 18.2 Å². The first-order valence-electron chi connectivity index (χ1n) is 7.46. The highest BCUT2D eigenvalue weighted by Crippen LogP contribution is 2.32. The molecule has 0 aliphatic carbocycles. The van der Waals surface area contributed by atoms with E-state index in [9.17, 15) is 9.59 Å². The van der Waals surface area contributed by atoms with E-state index in [4.69, 9.17) is 5.11 Å². The van der Waals surface area contributed by atoms with E-state index in [1.165, 1.54) is 25.1 Å². The van der Waals surface area contributed by atoms with Gasteiger partial charge in [0.15, 0.2) is 5.43 Å². The van der Waals surface area contributed by atoms with Gasteiger partial charge in [-0.1, -0.05) is 6.07 Å². The third kappa shape index (κ3) is 3.03. The van der Waals surface area contributed by atoms with E-state index < -0.39 is 11.4 Å². The molecule has 2 aromatic rings. The second-order valence-electron chi connectivity index (χ2n) is 5.71. The van der Waals surface area contributed by atoms with E-state index in [2.05, 4.69) is 20.8 Å². The lowest BCUT2D eigenvalue weighted by atomic mass is 10.1. The molecule has 1 saturated heterocycles. The van der Waals surface area contributed by atoms with Crippen molar-refractivity contribution in [2.45, 2.75) is 12.8 Å². The van der Waals surface area contributed by atoms with Gasteiger partial charge in [-0.15, -0.1) is 0 Å². The number of carbonyl (C=O) groups is 1. The zero-order valence-corrected chi connectivity index (χ0v) is 14.3. The molecule has 0 radical (unpaired) electrons. The Balaban J connectivity index is 2.02. The van der Waals surface area contributed by atoms with Crippen LogP contribution in [0.2, 0.25) is 0 Å². The number of hydrogen-bond donors (Lipinski definition) is 1. The minimum absolute atomic E-state index is 0.219. The summed E-state index contributed by atoms with van der Waals surface area (Å²) in [4.78, 5) is 25.3. The zero-order valence-electron chi connectivity index (χ0n) is 12.8. The van der Waals surface area contributed by atoms with Crippen LogP contribution in [-0.4, -0.2) is 28.7 Å². The molecule has 0 bridgehead atoms. The van der Waals surface area contributed by atoms with Gasteiger partial charge in [0, 0.05) is 36.9 Å². The van der Waals surface area contributed by atoms with Crippen LogP contribution in [0, 0.1) is 0 Å². The Bertz CT molecular complexity index is 823. The predicted molar refractivity (Wildman–Crippen MR) is 93.2 cm³/mol. The first-order valence-corrected chi connectivity index (χ1v) is 8.25. The molecule has 2 heterocycles. The van der Waals surface area contributed by atoms with Crippen LogP contribution in [0.25, 0.3) is 11.3 Å². The molecule has 120 valence electrons. The number of pyridine rings is 1. The fourth-order valence-electron chi connectivity index (χ4n) is 2.96. The molecule has 1 aliphatic rings. The lowest BCUT2D eigenvalue weighted by molar-refractivity contribution is 0.0694. The summed E-state index contributed by atoms with van der Waals surface area (Å²) in [5, 5.41) is 9.03. The summed E-state index contributed by atoms with van der Waals surface area (Å²) in [6.45, 7) is 2.12. The third-order valence-corrected chi connectivity index (χ3v) is 4.79. The van der Waals surface area contributed by atoms with Crippen LogP contribution >= 0.6 is 15.9 Å². The lowest BCUT2D eigenvalue weighted by Gasteiger charge is -2.20. The van der Waals surface area contributed by atoms with Crippen LogP contribution in [0.3, 0.4) is 0 Å². The largest absolute Gasteiger partial charge is 0.477 e. The van der Waals surface area contributed by atoms with Gasteiger partial charge in [0.25, 0.3) is 0 Å². The van der Waals surface area contributed by atoms with Gasteiger partial charge < -0.3 is 14.6 Å². The van der Waals surface area contributed by atoms with Gasteiger partial charge in [-0.05, 0) is 46.5 Å². The first kappa shape index (κ1) is 15.8. The number of nitrogens with zero attached hydrogens (tertiary/aromatic N) is 2. The third-order valence-electron chi connectivity index (χ3n) is 4.16. The number of aromatic carboxylic acids is 1. The summed E-state index contributed by atoms with van der Waals surface area (Å²) >= 11 is 3.61. The maximum absolute atomic E-state index is 12.0. The molecule has 0 spiro atoms. The van der Waals surface area contributed by atoms with Gasteiger partial charge in [-0.3, -0.25) is 4.79 Å². The van der Waals surface area contributed by atoms with Gasteiger partial charge in [0.2, 0.25) is 0 Å². The molecule has 0 saturated carbocycles. The van der Waals surface area contributed by atoms with Crippen molar-refractivity contribution in [1.82, 2.24) is 4.57 Å². The molecule has 0 unspecified atom stereocenters. The summed E-state index contributed by atoms with van der Waals surface area (Å²) in [7, 11) is 1.74. The highest BCUT2D eigenvalue weighted by molar-refractivity contribution is 9.10. The van der Waals surface area contributed by atoms with Crippen LogP contribution in [0.5, 0.6) is 0 Å². The molecule has 23 heavy (non-hydrogen) atoms. The van der Waals surface area contributed by atoms with Crippen LogP contribution < -0.4 is 10.3 Å². The Labute approximate surface area is 142 Å². The quantitative estimate of drug-likeness (QED) is 0.893. The number of carboxylic acids is 1. The van der Waals surface area contributed by atoms with Crippen molar-refractivity contribution < 1.29 is 9.90 Å². The summed E-state index contributed by atoms with van der Waals surface area (Å²) in [6, 6.07) is 7.36. The standard InChI is InChI=1S/C17H17BrN2O3/c1-19-10-12(17(22)23)16(21)9-15(19)11-4-5-14(13(18)8-11)20-6-2-3-7-20/h4-5,8-10H,2-3,6-7H2,1H3,(H,22,23). The molecule has 1 aliphatic heterocycles. The Morgan fingerprint density at radius 3 is 2.52 bits per heavy atom. The van der Waals surface area contributed by atoms with Crippen molar-refractivity contribution in [3.8, 4) is 11.3 Å². The fraction of sp³-hybridized carbons (Fsp3) is 0.294. The highest BCUT2D eigenvalue weighted by Gasteiger charge is 2.17. The topological polar surface area (TPSA) is 62.5 Å². The van der Waals surface area contributed by atoms with Gasteiger partial charge in [0.1, 0.15) is 5.56 Å². The van der Waals surface area contributed by atoms with Crippen molar-refractivity contribution >= 4 is 27.6 Å². The molecular weight excluding hydrogens is 360 g/mol. The van der Waals surface area contributed by atoms with E-state index in [0.717, 1.165) is 28.8 Å². The lowest BCUT2D eigenvalue weighted by Crippen LogP contribution is -2.18. The van der Waals surface area contributed by atoms with Crippen molar-refractivity contribution in [2.75, 3.05) is 18.0 Å². The van der Waals surface area contributed by atoms with Crippen molar-refractivity contribution in [3.05, 3.63) is 50.7 Å². The number of benzene rings is 1. The van der Waals surface area contributed by atoms with Crippen LogP contribution in [0.4, 0.5) is 5.69 Å². The molecule has 1 aromatic heterocycles. The van der Waals surface area contributed by atoms with Crippen LogP contribution in [-0.2, 0) is 7.05 Å². The van der Waals surface area contributed by atoms with Crippen LogP contribution in [0.15, 0.2) is 39.7 Å². The number of aryl methyl sites for hydroxylation is 1. The number of carboxylic acid groups (broad SMARTS) is 1. The Morgan fingerprint density at radius 1 is 1.22 bits per heavy atom. The number of hydrogen-bond acceptors (Lipinski definition) is 3. The molecule has 1 N–H and O–H groups in total. The molecule has 0 atom stereocenters. The zero-order chi connectivity index (χ0) is 16.6. The molecule has 0 amide bonds. The van der Waals surface area contributed by atoms with Crippen molar-refractivity contribution in [2.24, 2.45) is 7.05 Å².